The molecule has 1 unspecified atom stereocenters. The smallest absolute Gasteiger partial charge is 0.382 e. The number of rotatable bonds is 13. The summed E-state index contributed by atoms with van der Waals surface area (Å²) < 4.78 is 71.1. The normalized spacial score (nSPS) is 30.2. The van der Waals surface area contributed by atoms with E-state index in [0.29, 0.717) is 5.69 Å². The third kappa shape index (κ3) is 7.55. The average molecular weight is 699 g/mol. The number of phosphoric ester groups is 1. The van der Waals surface area contributed by atoms with Gasteiger partial charge in [-0.2, -0.15) is 5.10 Å². The highest BCUT2D eigenvalue weighted by Gasteiger charge is 2.48. The van der Waals surface area contributed by atoms with Gasteiger partial charge in [0, 0.05) is 18.3 Å². The number of primary amides is 1. The van der Waals surface area contributed by atoms with E-state index in [4.69, 9.17) is 34.5 Å². The van der Waals surface area contributed by atoms with E-state index in [1.807, 2.05) is 0 Å². The molecule has 5 heterocycles. The van der Waals surface area contributed by atoms with Crippen LogP contribution in [0.1, 0.15) is 41.9 Å². The highest BCUT2D eigenvalue weighted by Crippen LogP contribution is 2.48. The number of amides is 1. The quantitative estimate of drug-likeness (QED) is 0.136. The molecule has 1 amide bonds. The molecule has 5 rings (SSSR count). The molecule has 8 N–H and O–H groups in total. The van der Waals surface area contributed by atoms with Gasteiger partial charge in [-0.15, -0.1) is 0 Å². The summed E-state index contributed by atoms with van der Waals surface area (Å²) in [6.07, 6.45) is -5.66. The lowest BCUT2D eigenvalue weighted by Crippen LogP contribution is -2.30. The zero-order valence-electron chi connectivity index (χ0n) is 23.3. The molecule has 45 heavy (non-hydrogen) atoms. The molecular weight excluding hydrogens is 668 g/mol. The predicted octanol–water partition coefficient (Wildman–Crippen LogP) is 0.946. The molecule has 2 saturated heterocycles. The Morgan fingerprint density at radius 3 is 2.58 bits per heavy atom. The summed E-state index contributed by atoms with van der Waals surface area (Å²) >= 11 is 4.46. The van der Waals surface area contributed by atoms with Gasteiger partial charge < -0.3 is 40.1 Å². The predicted molar refractivity (Wildman–Crippen MR) is 152 cm³/mol. The molecule has 9 atom stereocenters. The fourth-order valence-corrected chi connectivity index (χ4v) is 6.46. The summed E-state index contributed by atoms with van der Waals surface area (Å²) in [6, 6.07) is 1.36. The van der Waals surface area contributed by atoms with Gasteiger partial charge in [-0.05, 0) is 17.9 Å². The van der Waals surface area contributed by atoms with Crippen LogP contribution in [0.15, 0.2) is 18.7 Å². The van der Waals surface area contributed by atoms with Crippen LogP contribution < -0.4 is 11.5 Å². The lowest BCUT2D eigenvalue weighted by Gasteiger charge is -2.21. The summed E-state index contributed by atoms with van der Waals surface area (Å²) in [5, 5.41) is 6.36. The van der Waals surface area contributed by atoms with Crippen molar-refractivity contribution < 1.29 is 55.9 Å². The molecule has 2 fully saturated rings. The average Bonchev–Trinajstić information content (AvgIpc) is 3.73. The number of hydrogen-bond acceptors (Lipinski definition) is 13. The molecule has 0 saturated carbocycles. The van der Waals surface area contributed by atoms with Crippen molar-refractivity contribution in [2.24, 2.45) is 17.6 Å². The van der Waals surface area contributed by atoms with E-state index in [-0.39, 0.29) is 29.1 Å². The monoisotopic (exact) mass is 698 g/mol. The number of nitrogen functional groups attached to an aromatic ring is 1. The summed E-state index contributed by atoms with van der Waals surface area (Å²) in [5.41, 5.74) is 11.6. The fourth-order valence-electron chi connectivity index (χ4n) is 5.17. The number of nitrogens with one attached hydrogen (secondary N) is 1. The van der Waals surface area contributed by atoms with Crippen LogP contribution in [0.3, 0.4) is 0 Å². The van der Waals surface area contributed by atoms with Gasteiger partial charge in [0.1, 0.15) is 29.8 Å². The Balaban J connectivity index is 1.20. The number of carbonyl (C=O) groups is 1. The van der Waals surface area contributed by atoms with Crippen LogP contribution in [0, 0.1) is 11.8 Å². The van der Waals surface area contributed by atoms with Gasteiger partial charge in [0.15, 0.2) is 23.9 Å². The molecule has 248 valence electrons. The summed E-state index contributed by atoms with van der Waals surface area (Å²) in [7, 11) is -4.83. The van der Waals surface area contributed by atoms with Crippen LogP contribution in [0.4, 0.5) is 14.6 Å². The molecule has 0 radical (unpaired) electrons. The Labute approximate surface area is 258 Å². The molecule has 0 spiro atoms. The van der Waals surface area contributed by atoms with Crippen molar-refractivity contribution in [3.63, 3.8) is 0 Å². The Bertz CT molecular complexity index is 1630. The minimum atomic E-state index is -4.83. The van der Waals surface area contributed by atoms with Crippen molar-refractivity contribution in [3.05, 3.63) is 30.1 Å². The molecular formula is C22H30F2N8O10P2S. The molecule has 3 aromatic rings. The van der Waals surface area contributed by atoms with Gasteiger partial charge in [0.05, 0.1) is 44.0 Å². The second-order valence-corrected chi connectivity index (χ2v) is 14.5. The molecule has 3 aromatic heterocycles. The standard InChI is InChI=1S/C22H30F2N8O10P2S/c1-9-15(23)13(41-18(9)11-4-12(20(26)33)31-30-11)2-3-38-43(34,35)39-5-10-14(6-40-44(36,37)45)42-22(16(10)24)32-8-29-17-19(25)27-7-28-21(17)32/h4,7-10,13-16,18,22H,2-3,5-6H2,1H3,(H2,26,33)(H,30,31)(H,34,35)(H2,25,27,28)(H2,36,37,45)/t9-,10-,13-,14-,15+,16-,18-,22-/m1/s1. The third-order valence-corrected chi connectivity index (χ3v) is 9.23. The van der Waals surface area contributed by atoms with Crippen LogP contribution in [0.5, 0.6) is 0 Å². The summed E-state index contributed by atoms with van der Waals surface area (Å²) in [6.45, 7) is -4.38. The number of alkyl halides is 2. The minimum Gasteiger partial charge on any atom is -0.382 e. The number of aromatic nitrogens is 6. The first kappa shape index (κ1) is 33.8. The van der Waals surface area contributed by atoms with Crippen molar-refractivity contribution in [2.75, 3.05) is 25.6 Å². The number of carbonyl (C=O) groups excluding carboxylic acids is 1. The van der Waals surface area contributed by atoms with Gasteiger partial charge in [0.2, 0.25) is 0 Å². The number of hydrogen-bond donors (Lipinski definition) is 6. The van der Waals surface area contributed by atoms with Crippen molar-refractivity contribution in [3.8, 4) is 0 Å². The number of fused-ring (bicyclic) bond motifs is 1. The number of nitrogens with two attached hydrogens (primary N) is 2. The fraction of sp³-hybridized carbons (Fsp3) is 0.591. The Hall–Kier alpha value is -2.55. The number of nitrogens with zero attached hydrogens (tertiary/aromatic N) is 5. The van der Waals surface area contributed by atoms with E-state index >= 15 is 4.39 Å². The van der Waals surface area contributed by atoms with Gasteiger partial charge >= 0.3 is 14.5 Å². The zero-order valence-corrected chi connectivity index (χ0v) is 25.9. The molecule has 2 aliphatic heterocycles. The molecule has 2 aliphatic rings. The number of halogens is 2. The van der Waals surface area contributed by atoms with E-state index in [2.05, 4.69) is 37.0 Å². The number of H-pyrrole nitrogens is 1. The number of phosphoric acid groups is 1. The van der Waals surface area contributed by atoms with Crippen molar-refractivity contribution >= 4 is 49.2 Å². The summed E-state index contributed by atoms with van der Waals surface area (Å²) in [4.78, 5) is 52.6. The van der Waals surface area contributed by atoms with E-state index in [1.165, 1.54) is 17.0 Å². The molecule has 0 aromatic carbocycles. The van der Waals surface area contributed by atoms with Crippen molar-refractivity contribution in [1.29, 1.82) is 0 Å². The van der Waals surface area contributed by atoms with Gasteiger partial charge in [0.25, 0.3) is 5.91 Å². The van der Waals surface area contributed by atoms with E-state index in [1.54, 1.807) is 6.92 Å². The molecule has 23 heteroatoms. The van der Waals surface area contributed by atoms with Crippen LogP contribution in [0.25, 0.3) is 11.2 Å². The van der Waals surface area contributed by atoms with Gasteiger partial charge in [-0.1, -0.05) is 6.92 Å². The maximum Gasteiger partial charge on any atom is 0.472 e. The van der Waals surface area contributed by atoms with Crippen LogP contribution in [-0.4, -0.2) is 94.7 Å². The van der Waals surface area contributed by atoms with E-state index in [9.17, 15) is 28.4 Å². The highest BCUT2D eigenvalue weighted by molar-refractivity contribution is 8.06. The van der Waals surface area contributed by atoms with Crippen LogP contribution in [0.2, 0.25) is 0 Å². The van der Waals surface area contributed by atoms with Crippen molar-refractivity contribution in [1.82, 2.24) is 29.7 Å². The molecule has 18 nitrogen and oxygen atoms in total. The number of aromatic amines is 1. The van der Waals surface area contributed by atoms with E-state index in [0.717, 1.165) is 6.33 Å². The van der Waals surface area contributed by atoms with Crippen LogP contribution in [-0.2, 0) is 39.4 Å². The summed E-state index contributed by atoms with van der Waals surface area (Å²) in [5.74, 6) is -2.69. The Morgan fingerprint density at radius 1 is 1.13 bits per heavy atom. The number of imidazole rings is 1. The second-order valence-electron chi connectivity index (χ2n) is 10.4. The highest BCUT2D eigenvalue weighted by atomic mass is 32.5. The van der Waals surface area contributed by atoms with Gasteiger partial charge in [-0.3, -0.25) is 23.5 Å². The minimum absolute atomic E-state index is 0.0390. The first-order chi connectivity index (χ1) is 21.1. The first-order valence-corrected chi connectivity index (χ1v) is 17.5. The number of ether oxygens (including phenoxy) is 2. The maximum atomic E-state index is 15.8. The molecule has 0 aliphatic carbocycles. The number of anilines is 1. The van der Waals surface area contributed by atoms with Crippen molar-refractivity contribution in [2.45, 2.75) is 50.2 Å². The lowest BCUT2D eigenvalue weighted by atomic mass is 9.96. The third-order valence-electron chi connectivity index (χ3n) is 7.44. The second kappa shape index (κ2) is 13.3. The van der Waals surface area contributed by atoms with Crippen LogP contribution >= 0.6 is 14.5 Å². The van der Waals surface area contributed by atoms with Gasteiger partial charge in [-0.25, -0.2) is 28.3 Å². The Morgan fingerprint density at radius 2 is 1.89 bits per heavy atom. The largest absolute Gasteiger partial charge is 0.472 e. The zero-order chi connectivity index (χ0) is 32.7. The molecule has 0 bridgehead atoms. The Kier molecular flexibility index (Phi) is 9.98. The maximum absolute atomic E-state index is 15.8. The van der Waals surface area contributed by atoms with E-state index < -0.39 is 89.0 Å². The topological polar surface area (TPSA) is 265 Å². The lowest BCUT2D eigenvalue weighted by molar-refractivity contribution is -0.0378. The SMILES string of the molecule is C[C@@H]1[C@H](F)[C@@H](CCOP(=O)(O)OC[C@H]2[C@@H](F)[C@H](n3cnc4c(N)ncnc43)O[C@@H]2COP(O)(O)=S)O[C@H]1c1cc(C(N)=O)n[nH]1. The first-order valence-electron chi connectivity index (χ1n) is 13.3.